The molecule has 0 aliphatic carbocycles. The van der Waals surface area contributed by atoms with E-state index < -0.39 is 11.0 Å². The fourth-order valence-electron chi connectivity index (χ4n) is 0. The number of rotatable bonds is 0. The Morgan fingerprint density at radius 2 is 1.40 bits per heavy atom. The van der Waals surface area contributed by atoms with Crippen LogP contribution in [0.15, 0.2) is 0 Å². The van der Waals surface area contributed by atoms with Gasteiger partial charge in [0.2, 0.25) is 0 Å². The third-order valence-corrected chi connectivity index (χ3v) is 0. The minimum atomic E-state index is -2.86. The maximum atomic E-state index is 8.56. The summed E-state index contributed by atoms with van der Waals surface area (Å²) in [4.78, 5) is 0. The summed E-state index contributed by atoms with van der Waals surface area (Å²) in [5.41, 5.74) is 0. The van der Waals surface area contributed by atoms with Crippen molar-refractivity contribution in [1.82, 2.24) is 0 Å². The molecular weight excluding hydrogens is 144 g/mol. The first-order chi connectivity index (χ1) is 1.73. The van der Waals surface area contributed by atoms with Crippen LogP contribution in [0.2, 0.25) is 0 Å². The van der Waals surface area contributed by atoms with Gasteiger partial charge in [0.1, 0.15) is 0 Å². The summed E-state index contributed by atoms with van der Waals surface area (Å²) >= 11 is 0. The Kier molecular flexibility index (Phi) is 8.02. The SMILES string of the molecule is O=[S-](=O)O.[Cu+]. The van der Waals surface area contributed by atoms with Crippen LogP contribution in [0.5, 0.6) is 0 Å². The Morgan fingerprint density at radius 3 is 1.40 bits per heavy atom. The first kappa shape index (κ1) is 9.06. The summed E-state index contributed by atoms with van der Waals surface area (Å²) in [6.07, 6.45) is 0. The number of hydrogen-bond acceptors (Lipinski definition) is 3. The Morgan fingerprint density at radius 1 is 1.40 bits per heavy atom. The van der Waals surface area contributed by atoms with Crippen molar-refractivity contribution in [1.29, 1.82) is 0 Å². The normalized spacial score (nSPS) is 6.80. The molecule has 0 aromatic carbocycles. The van der Waals surface area contributed by atoms with Crippen LogP contribution >= 0.6 is 0 Å². The quantitative estimate of drug-likeness (QED) is 0.221. The second-order valence-electron chi connectivity index (χ2n) is 0.217. The topological polar surface area (TPSA) is 54.4 Å². The molecule has 0 saturated heterocycles. The monoisotopic (exact) mass is 144 g/mol. The average molecular weight is 145 g/mol. The van der Waals surface area contributed by atoms with Crippen molar-refractivity contribution >= 4 is 11.0 Å². The molecule has 0 spiro atoms. The van der Waals surface area contributed by atoms with Gasteiger partial charge in [-0.2, -0.15) is 0 Å². The summed E-state index contributed by atoms with van der Waals surface area (Å²) in [5.74, 6) is 0. The van der Waals surface area contributed by atoms with Crippen LogP contribution in [0.25, 0.3) is 0 Å². The van der Waals surface area contributed by atoms with Gasteiger partial charge in [-0.05, 0) is 0 Å². The van der Waals surface area contributed by atoms with Gasteiger partial charge in [-0.15, -0.1) is 0 Å². The van der Waals surface area contributed by atoms with E-state index in [4.69, 9.17) is 13.0 Å². The Balaban J connectivity index is 0. The molecule has 0 amide bonds. The molecular formula is HCuO3S. The molecule has 0 bridgehead atoms. The minimum Gasteiger partial charge on any atom is -0.439 e. The van der Waals surface area contributed by atoms with Crippen LogP contribution in [-0.4, -0.2) is 4.55 Å². The first-order valence-electron chi connectivity index (χ1n) is 0.516. The smallest absolute Gasteiger partial charge is 0.439 e. The molecule has 5 heteroatoms. The molecule has 5 heavy (non-hydrogen) atoms. The molecule has 0 rings (SSSR count). The van der Waals surface area contributed by atoms with Gasteiger partial charge >= 0.3 is 17.1 Å². The van der Waals surface area contributed by atoms with Crippen LogP contribution < -0.4 is 0 Å². The van der Waals surface area contributed by atoms with E-state index in [-0.39, 0.29) is 17.1 Å². The molecule has 0 aromatic rings. The largest absolute Gasteiger partial charge is 1.00 e. The van der Waals surface area contributed by atoms with Crippen molar-refractivity contribution < 1.29 is 30.0 Å². The molecule has 0 heterocycles. The Labute approximate surface area is 41.6 Å². The molecule has 0 saturated carbocycles. The van der Waals surface area contributed by atoms with Gasteiger partial charge < -0.3 is 13.0 Å². The van der Waals surface area contributed by atoms with E-state index in [2.05, 4.69) is 0 Å². The third kappa shape index (κ3) is 142. The van der Waals surface area contributed by atoms with E-state index in [1.807, 2.05) is 0 Å². The van der Waals surface area contributed by atoms with Crippen molar-refractivity contribution in [3.63, 3.8) is 0 Å². The van der Waals surface area contributed by atoms with Gasteiger partial charge in [0, 0.05) is 11.0 Å². The van der Waals surface area contributed by atoms with Crippen LogP contribution in [-0.2, 0) is 36.5 Å². The fourth-order valence-corrected chi connectivity index (χ4v) is 0. The molecule has 0 aromatic heterocycles. The molecule has 0 aliphatic heterocycles. The molecule has 0 unspecified atom stereocenters. The molecule has 0 atom stereocenters. The van der Waals surface area contributed by atoms with Crippen molar-refractivity contribution in [2.45, 2.75) is 0 Å². The molecule has 36 valence electrons. The van der Waals surface area contributed by atoms with Crippen LogP contribution in [0.4, 0.5) is 0 Å². The number of hydrogen-bond donors (Lipinski definition) is 1. The predicted molar refractivity (Wildman–Crippen MR) is 11.4 cm³/mol. The third-order valence-electron chi connectivity index (χ3n) is 0. The summed E-state index contributed by atoms with van der Waals surface area (Å²) in [7, 11) is -2.86. The van der Waals surface area contributed by atoms with Gasteiger partial charge in [-0.3, -0.25) is 0 Å². The maximum absolute atomic E-state index is 8.56. The van der Waals surface area contributed by atoms with Gasteiger partial charge in [0.05, 0.1) is 0 Å². The minimum absolute atomic E-state index is 0. The van der Waals surface area contributed by atoms with E-state index in [9.17, 15) is 0 Å². The Bertz CT molecular complexity index is 55.3. The summed E-state index contributed by atoms with van der Waals surface area (Å²) in [6, 6.07) is 0. The van der Waals surface area contributed by atoms with Crippen molar-refractivity contribution in [3.05, 3.63) is 0 Å². The van der Waals surface area contributed by atoms with E-state index >= 15 is 0 Å². The summed E-state index contributed by atoms with van der Waals surface area (Å²) in [5, 5.41) is 0. The molecule has 0 fully saturated rings. The van der Waals surface area contributed by atoms with Crippen LogP contribution in [0.3, 0.4) is 0 Å². The molecule has 3 nitrogen and oxygen atoms in total. The average Bonchev–Trinajstić information content (AvgIpc) is 0.811. The summed E-state index contributed by atoms with van der Waals surface area (Å²) in [6.45, 7) is 0. The zero-order valence-corrected chi connectivity index (χ0v) is 3.73. The second kappa shape index (κ2) is 4.43. The van der Waals surface area contributed by atoms with E-state index in [0.29, 0.717) is 0 Å². The van der Waals surface area contributed by atoms with Crippen LogP contribution in [0.1, 0.15) is 0 Å². The first-order valence-corrected chi connectivity index (χ1v) is 1.55. The fraction of sp³-hybridized carbons (Fsp3) is 0. The predicted octanol–water partition coefficient (Wildman–Crippen LogP) is -0.234. The van der Waals surface area contributed by atoms with E-state index in [1.54, 1.807) is 0 Å². The van der Waals surface area contributed by atoms with Crippen molar-refractivity contribution in [3.8, 4) is 0 Å². The van der Waals surface area contributed by atoms with Gasteiger partial charge in [-0.25, -0.2) is 0 Å². The molecule has 0 aliphatic rings. The van der Waals surface area contributed by atoms with E-state index in [0.717, 1.165) is 0 Å². The second-order valence-corrected chi connectivity index (χ2v) is 0.651. The van der Waals surface area contributed by atoms with E-state index in [1.165, 1.54) is 0 Å². The van der Waals surface area contributed by atoms with Gasteiger partial charge in [0.25, 0.3) is 0 Å². The van der Waals surface area contributed by atoms with Crippen molar-refractivity contribution in [2.75, 3.05) is 0 Å². The van der Waals surface area contributed by atoms with Gasteiger partial charge in [-0.1, -0.05) is 0 Å². The van der Waals surface area contributed by atoms with Gasteiger partial charge in [0.15, 0.2) is 0 Å². The van der Waals surface area contributed by atoms with Crippen LogP contribution in [0, 0.1) is 0 Å². The zero-order chi connectivity index (χ0) is 3.58. The zero-order valence-electron chi connectivity index (χ0n) is 1.97. The molecule has 0 radical (unpaired) electrons. The van der Waals surface area contributed by atoms with Crippen molar-refractivity contribution in [2.24, 2.45) is 0 Å². The summed E-state index contributed by atoms with van der Waals surface area (Å²) < 4.78 is 24.1. The molecule has 1 N–H and O–H groups in total. The standard InChI is InChI=1S/Cu.HO3S/c;1-4(2)3/h;(H,1,2,3)/q+1;-1. The maximum Gasteiger partial charge on any atom is 1.00 e. The Hall–Kier alpha value is 0.429.